The zero-order valence-electron chi connectivity index (χ0n) is 13.8. The van der Waals surface area contributed by atoms with Gasteiger partial charge in [-0.15, -0.1) is 0 Å². The highest BCUT2D eigenvalue weighted by Crippen LogP contribution is 2.28. The van der Waals surface area contributed by atoms with Gasteiger partial charge in [0.25, 0.3) is 0 Å². The summed E-state index contributed by atoms with van der Waals surface area (Å²) in [7, 11) is -3.68. The number of nitrogens with two attached hydrogens (primary N) is 1. The van der Waals surface area contributed by atoms with Gasteiger partial charge in [0.15, 0.2) is 0 Å². The average Bonchev–Trinajstić information content (AvgIpc) is 3.40. The lowest BCUT2D eigenvalue weighted by atomic mass is 10.2. The molecule has 0 radical (unpaired) electrons. The number of hydrogen-bond acceptors (Lipinski definition) is 4. The fraction of sp³-hybridized carbons (Fsp3) is 0.333. The molecule has 25 heavy (non-hydrogen) atoms. The van der Waals surface area contributed by atoms with Crippen molar-refractivity contribution >= 4 is 10.0 Å². The number of nitrogens with zero attached hydrogens (tertiary/aromatic N) is 1. The van der Waals surface area contributed by atoms with Gasteiger partial charge in [0.05, 0.1) is 4.90 Å². The third kappa shape index (κ3) is 5.26. The van der Waals surface area contributed by atoms with Crippen LogP contribution in [0.25, 0.3) is 0 Å². The molecule has 2 aromatic carbocycles. The Morgan fingerprint density at radius 1 is 1.08 bits per heavy atom. The van der Waals surface area contributed by atoms with E-state index in [-0.39, 0.29) is 10.7 Å². The summed E-state index contributed by atoms with van der Waals surface area (Å²) < 4.78 is 41.2. The van der Waals surface area contributed by atoms with E-state index in [2.05, 4.69) is 4.90 Å². The second kappa shape index (κ2) is 7.51. The van der Waals surface area contributed by atoms with Crippen molar-refractivity contribution in [1.29, 1.82) is 0 Å². The molecule has 0 aliphatic heterocycles. The fourth-order valence-electron chi connectivity index (χ4n) is 2.66. The minimum Gasteiger partial charge on any atom is -0.492 e. The Labute approximate surface area is 147 Å². The molecule has 0 amide bonds. The van der Waals surface area contributed by atoms with Crippen LogP contribution in [-0.2, 0) is 16.6 Å². The first-order valence-corrected chi connectivity index (χ1v) is 9.70. The highest BCUT2D eigenvalue weighted by molar-refractivity contribution is 7.89. The van der Waals surface area contributed by atoms with Crippen LogP contribution in [0.4, 0.5) is 4.39 Å². The van der Waals surface area contributed by atoms with Crippen molar-refractivity contribution < 1.29 is 17.5 Å². The molecule has 2 aromatic rings. The van der Waals surface area contributed by atoms with Gasteiger partial charge in [-0.25, -0.2) is 17.9 Å². The minimum absolute atomic E-state index is 0.0655. The summed E-state index contributed by atoms with van der Waals surface area (Å²) in [5.41, 5.74) is 1.07. The van der Waals surface area contributed by atoms with E-state index in [1.54, 1.807) is 24.3 Å². The standard InChI is InChI=1S/C18H21FN2O3S/c19-15-3-1-14(2-4-15)13-21(16-5-6-16)11-12-24-17-7-9-18(10-8-17)25(20,22)23/h1-4,7-10,16H,5-6,11-13H2,(H2,20,22,23). The molecule has 1 saturated carbocycles. The van der Waals surface area contributed by atoms with Crippen molar-refractivity contribution in [3.63, 3.8) is 0 Å². The van der Waals surface area contributed by atoms with Crippen LogP contribution in [0, 0.1) is 5.82 Å². The van der Waals surface area contributed by atoms with E-state index in [1.807, 2.05) is 0 Å². The maximum absolute atomic E-state index is 13.0. The van der Waals surface area contributed by atoms with Gasteiger partial charge in [0, 0.05) is 19.1 Å². The van der Waals surface area contributed by atoms with Gasteiger partial charge in [-0.1, -0.05) is 12.1 Å². The molecule has 0 aromatic heterocycles. The Bertz CT molecular complexity index is 803. The van der Waals surface area contributed by atoms with Crippen LogP contribution in [-0.4, -0.2) is 32.5 Å². The Hall–Kier alpha value is -1.96. The quantitative estimate of drug-likeness (QED) is 0.781. The maximum Gasteiger partial charge on any atom is 0.238 e. The number of primary sulfonamides is 1. The van der Waals surface area contributed by atoms with Gasteiger partial charge in [0.2, 0.25) is 10.0 Å². The molecule has 0 unspecified atom stereocenters. The third-order valence-corrected chi connectivity index (χ3v) is 5.09. The van der Waals surface area contributed by atoms with E-state index in [1.165, 1.54) is 37.1 Å². The van der Waals surface area contributed by atoms with Crippen LogP contribution in [0.1, 0.15) is 18.4 Å². The normalized spacial score (nSPS) is 14.7. The summed E-state index contributed by atoms with van der Waals surface area (Å²) in [4.78, 5) is 2.39. The maximum atomic E-state index is 13.0. The lowest BCUT2D eigenvalue weighted by Gasteiger charge is -2.22. The Morgan fingerprint density at radius 2 is 1.72 bits per heavy atom. The molecule has 0 spiro atoms. The molecule has 1 fully saturated rings. The third-order valence-electron chi connectivity index (χ3n) is 4.16. The van der Waals surface area contributed by atoms with Crippen molar-refractivity contribution in [3.05, 3.63) is 59.9 Å². The second-order valence-corrected chi connectivity index (χ2v) is 7.75. The topological polar surface area (TPSA) is 72.6 Å². The van der Waals surface area contributed by atoms with Gasteiger partial charge in [0.1, 0.15) is 18.2 Å². The molecule has 0 bridgehead atoms. The van der Waals surface area contributed by atoms with E-state index < -0.39 is 10.0 Å². The Morgan fingerprint density at radius 3 is 2.28 bits per heavy atom. The van der Waals surface area contributed by atoms with E-state index >= 15 is 0 Å². The number of rotatable bonds is 8. The number of ether oxygens (including phenoxy) is 1. The molecular formula is C18H21FN2O3S. The number of halogens is 1. The lowest BCUT2D eigenvalue weighted by molar-refractivity contribution is 0.195. The molecule has 1 aliphatic rings. The first-order valence-electron chi connectivity index (χ1n) is 8.16. The summed E-state index contributed by atoms with van der Waals surface area (Å²) >= 11 is 0. The fourth-order valence-corrected chi connectivity index (χ4v) is 3.18. The Balaban J connectivity index is 1.53. The van der Waals surface area contributed by atoms with Gasteiger partial charge in [-0.3, -0.25) is 4.90 Å². The predicted molar refractivity (Wildman–Crippen MR) is 93.1 cm³/mol. The van der Waals surface area contributed by atoms with Crippen molar-refractivity contribution in [2.24, 2.45) is 5.14 Å². The van der Waals surface area contributed by atoms with Crippen LogP contribution in [0.5, 0.6) is 5.75 Å². The molecule has 0 heterocycles. The van der Waals surface area contributed by atoms with Gasteiger partial charge >= 0.3 is 0 Å². The number of hydrogen-bond donors (Lipinski definition) is 1. The summed E-state index contributed by atoms with van der Waals surface area (Å²) in [6, 6.07) is 13.2. The molecule has 7 heteroatoms. The van der Waals surface area contributed by atoms with Crippen LogP contribution in [0.15, 0.2) is 53.4 Å². The average molecular weight is 364 g/mol. The van der Waals surface area contributed by atoms with Crippen molar-refractivity contribution in [3.8, 4) is 5.75 Å². The number of benzene rings is 2. The largest absolute Gasteiger partial charge is 0.492 e. The summed E-state index contributed by atoms with van der Waals surface area (Å²) in [6.07, 6.45) is 2.34. The van der Waals surface area contributed by atoms with Crippen LogP contribution in [0.2, 0.25) is 0 Å². The molecule has 5 nitrogen and oxygen atoms in total. The highest BCUT2D eigenvalue weighted by atomic mass is 32.2. The van der Waals surface area contributed by atoms with Crippen LogP contribution in [0.3, 0.4) is 0 Å². The van der Waals surface area contributed by atoms with E-state index in [0.29, 0.717) is 18.4 Å². The SMILES string of the molecule is NS(=O)(=O)c1ccc(OCCN(Cc2ccc(F)cc2)C2CC2)cc1. The monoisotopic (exact) mass is 364 g/mol. The zero-order chi connectivity index (χ0) is 17.9. The Kier molecular flexibility index (Phi) is 5.36. The first kappa shape index (κ1) is 17.8. The molecule has 0 saturated heterocycles. The van der Waals surface area contributed by atoms with Gasteiger partial charge in [-0.2, -0.15) is 0 Å². The summed E-state index contributed by atoms with van der Waals surface area (Å²) in [5.74, 6) is 0.373. The molecular weight excluding hydrogens is 343 g/mol. The molecule has 3 rings (SSSR count). The molecule has 1 aliphatic carbocycles. The van der Waals surface area contributed by atoms with E-state index in [4.69, 9.17) is 9.88 Å². The number of sulfonamides is 1. The van der Waals surface area contributed by atoms with Crippen molar-refractivity contribution in [1.82, 2.24) is 4.90 Å². The highest BCUT2D eigenvalue weighted by Gasteiger charge is 2.28. The summed E-state index contributed by atoms with van der Waals surface area (Å²) in [5, 5.41) is 5.07. The second-order valence-electron chi connectivity index (χ2n) is 6.19. The molecule has 0 atom stereocenters. The molecule has 134 valence electrons. The first-order chi connectivity index (χ1) is 11.9. The van der Waals surface area contributed by atoms with Gasteiger partial charge < -0.3 is 4.74 Å². The smallest absolute Gasteiger partial charge is 0.238 e. The predicted octanol–water partition coefficient (Wildman–Crippen LogP) is 2.52. The van der Waals surface area contributed by atoms with Gasteiger partial charge in [-0.05, 0) is 54.8 Å². The summed E-state index contributed by atoms with van der Waals surface area (Å²) in [6.45, 7) is 2.00. The van der Waals surface area contributed by atoms with E-state index in [9.17, 15) is 12.8 Å². The van der Waals surface area contributed by atoms with Crippen LogP contribution >= 0.6 is 0 Å². The van der Waals surface area contributed by atoms with Crippen LogP contribution < -0.4 is 9.88 Å². The minimum atomic E-state index is -3.68. The molecule has 2 N–H and O–H groups in total. The van der Waals surface area contributed by atoms with Crippen molar-refractivity contribution in [2.75, 3.05) is 13.2 Å². The van der Waals surface area contributed by atoms with E-state index in [0.717, 1.165) is 18.7 Å². The zero-order valence-corrected chi connectivity index (χ0v) is 14.6. The lowest BCUT2D eigenvalue weighted by Crippen LogP contribution is -2.30. The van der Waals surface area contributed by atoms with Crippen molar-refractivity contribution in [2.45, 2.75) is 30.3 Å².